The Morgan fingerprint density at radius 1 is 1.37 bits per heavy atom. The highest BCUT2D eigenvalue weighted by molar-refractivity contribution is 9.10. The average molecular weight is 364 g/mol. The molecule has 100 valence electrons. The number of pyridine rings is 1. The molecule has 2 aromatic rings. The van der Waals surface area contributed by atoms with Crippen LogP contribution >= 0.6 is 39.1 Å². The Balaban J connectivity index is 2.25. The van der Waals surface area contributed by atoms with Crippen molar-refractivity contribution in [2.45, 2.75) is 12.5 Å². The van der Waals surface area contributed by atoms with E-state index in [9.17, 15) is 4.39 Å². The lowest BCUT2D eigenvalue weighted by Gasteiger charge is -2.14. The van der Waals surface area contributed by atoms with E-state index in [1.165, 1.54) is 12.3 Å². The molecule has 2 N–H and O–H groups in total. The van der Waals surface area contributed by atoms with Crippen LogP contribution in [-0.4, -0.2) is 4.98 Å². The van der Waals surface area contributed by atoms with E-state index in [2.05, 4.69) is 20.9 Å². The van der Waals surface area contributed by atoms with E-state index in [4.69, 9.17) is 28.9 Å². The fourth-order valence-electron chi connectivity index (χ4n) is 1.74. The van der Waals surface area contributed by atoms with E-state index in [0.29, 0.717) is 26.6 Å². The summed E-state index contributed by atoms with van der Waals surface area (Å²) in [6.07, 6.45) is 1.91. The molecule has 0 radical (unpaired) electrons. The molecule has 0 aliphatic rings. The molecule has 0 saturated carbocycles. The molecular weight excluding hydrogens is 354 g/mol. The van der Waals surface area contributed by atoms with Crippen LogP contribution in [-0.2, 0) is 6.42 Å². The molecule has 1 aromatic heterocycles. The van der Waals surface area contributed by atoms with E-state index in [1.807, 2.05) is 0 Å². The van der Waals surface area contributed by atoms with Crippen molar-refractivity contribution in [3.05, 3.63) is 62.1 Å². The average Bonchev–Trinajstić information content (AvgIpc) is 2.34. The summed E-state index contributed by atoms with van der Waals surface area (Å²) in [5.74, 6) is -0.320. The van der Waals surface area contributed by atoms with Crippen LogP contribution < -0.4 is 5.73 Å². The van der Waals surface area contributed by atoms with Crippen molar-refractivity contribution < 1.29 is 4.39 Å². The zero-order valence-electron chi connectivity index (χ0n) is 9.71. The lowest BCUT2D eigenvalue weighted by molar-refractivity contribution is 0.613. The van der Waals surface area contributed by atoms with Crippen LogP contribution in [0, 0.1) is 5.82 Å². The molecule has 1 unspecified atom stereocenters. The summed E-state index contributed by atoms with van der Waals surface area (Å²) in [6.45, 7) is 0. The smallest absolute Gasteiger partial charge is 0.137 e. The number of halogens is 4. The van der Waals surface area contributed by atoms with Gasteiger partial charge in [-0.05, 0) is 40.0 Å². The van der Waals surface area contributed by atoms with Gasteiger partial charge in [0.25, 0.3) is 0 Å². The molecule has 0 aliphatic heterocycles. The fourth-order valence-corrected chi connectivity index (χ4v) is 2.68. The largest absolute Gasteiger partial charge is 0.322 e. The van der Waals surface area contributed by atoms with Crippen LogP contribution in [0.5, 0.6) is 0 Å². The lowest BCUT2D eigenvalue weighted by Crippen LogP contribution is -2.16. The molecule has 1 heterocycles. The van der Waals surface area contributed by atoms with Crippen LogP contribution in [0.1, 0.15) is 17.3 Å². The fraction of sp³-hybridized carbons (Fsp3) is 0.154. The Labute approximate surface area is 128 Å². The number of hydrogen-bond donors (Lipinski definition) is 1. The third-order valence-electron chi connectivity index (χ3n) is 2.66. The van der Waals surface area contributed by atoms with Crippen LogP contribution in [0.3, 0.4) is 0 Å². The maximum atomic E-state index is 13.4. The minimum atomic E-state index is -0.428. The van der Waals surface area contributed by atoms with E-state index < -0.39 is 6.04 Å². The number of aromatic nitrogens is 1. The van der Waals surface area contributed by atoms with Crippen LogP contribution in [0.2, 0.25) is 10.0 Å². The number of rotatable bonds is 3. The van der Waals surface area contributed by atoms with E-state index >= 15 is 0 Å². The minimum Gasteiger partial charge on any atom is -0.322 e. The van der Waals surface area contributed by atoms with Gasteiger partial charge >= 0.3 is 0 Å². The van der Waals surface area contributed by atoms with Gasteiger partial charge in [-0.3, -0.25) is 4.98 Å². The first-order valence-corrected chi connectivity index (χ1v) is 7.03. The first-order chi connectivity index (χ1) is 8.99. The second-order valence-electron chi connectivity index (χ2n) is 4.04. The minimum absolute atomic E-state index is 0.320. The molecule has 0 spiro atoms. The Hall–Kier alpha value is -0.680. The molecule has 0 amide bonds. The zero-order valence-corrected chi connectivity index (χ0v) is 12.8. The van der Waals surface area contributed by atoms with Gasteiger partial charge in [0.2, 0.25) is 0 Å². The highest BCUT2D eigenvalue weighted by Crippen LogP contribution is 2.28. The highest BCUT2D eigenvalue weighted by Gasteiger charge is 2.15. The summed E-state index contributed by atoms with van der Waals surface area (Å²) in [5, 5.41) is 0.861. The first-order valence-electron chi connectivity index (χ1n) is 5.48. The Morgan fingerprint density at radius 3 is 2.79 bits per heavy atom. The lowest BCUT2D eigenvalue weighted by atomic mass is 10.0. The van der Waals surface area contributed by atoms with Crippen molar-refractivity contribution in [2.24, 2.45) is 5.73 Å². The van der Waals surface area contributed by atoms with Gasteiger partial charge in [-0.15, -0.1) is 0 Å². The summed E-state index contributed by atoms with van der Waals surface area (Å²) < 4.78 is 13.8. The van der Waals surface area contributed by atoms with Gasteiger partial charge in [0.1, 0.15) is 5.82 Å². The number of benzene rings is 1. The van der Waals surface area contributed by atoms with Crippen molar-refractivity contribution >= 4 is 39.1 Å². The number of nitrogens with zero attached hydrogens (tertiary/aromatic N) is 1. The summed E-state index contributed by atoms with van der Waals surface area (Å²) in [5.41, 5.74) is 7.37. The van der Waals surface area contributed by atoms with Crippen LogP contribution in [0.4, 0.5) is 4.39 Å². The van der Waals surface area contributed by atoms with E-state index in [-0.39, 0.29) is 5.82 Å². The predicted molar refractivity (Wildman–Crippen MR) is 79.0 cm³/mol. The van der Waals surface area contributed by atoms with Crippen molar-refractivity contribution in [3.63, 3.8) is 0 Å². The van der Waals surface area contributed by atoms with Crippen LogP contribution in [0.15, 0.2) is 34.9 Å². The maximum absolute atomic E-state index is 13.4. The van der Waals surface area contributed by atoms with Crippen molar-refractivity contribution in [2.75, 3.05) is 0 Å². The van der Waals surface area contributed by atoms with Crippen molar-refractivity contribution in [1.82, 2.24) is 4.98 Å². The highest BCUT2D eigenvalue weighted by atomic mass is 79.9. The predicted octanol–water partition coefficient (Wildman–Crippen LogP) is 4.53. The number of hydrogen-bond acceptors (Lipinski definition) is 2. The first kappa shape index (κ1) is 14.7. The molecule has 19 heavy (non-hydrogen) atoms. The van der Waals surface area contributed by atoms with Gasteiger partial charge in [0, 0.05) is 6.20 Å². The zero-order chi connectivity index (χ0) is 14.0. The maximum Gasteiger partial charge on any atom is 0.137 e. The van der Waals surface area contributed by atoms with Crippen molar-refractivity contribution in [3.8, 4) is 0 Å². The van der Waals surface area contributed by atoms with Gasteiger partial charge in [-0.2, -0.15) is 0 Å². The van der Waals surface area contributed by atoms with Crippen molar-refractivity contribution in [1.29, 1.82) is 0 Å². The van der Waals surface area contributed by atoms with Gasteiger partial charge in [0.15, 0.2) is 0 Å². The summed E-state index contributed by atoms with van der Waals surface area (Å²) >= 11 is 15.0. The molecule has 1 aromatic carbocycles. The quantitative estimate of drug-likeness (QED) is 0.869. The molecule has 0 fully saturated rings. The summed E-state index contributed by atoms with van der Waals surface area (Å²) in [7, 11) is 0. The van der Waals surface area contributed by atoms with Gasteiger partial charge < -0.3 is 5.73 Å². The molecule has 0 aliphatic carbocycles. The van der Waals surface area contributed by atoms with Gasteiger partial charge in [-0.1, -0.05) is 35.3 Å². The molecular formula is C13H10BrCl2FN2. The molecule has 2 nitrogen and oxygen atoms in total. The Kier molecular flexibility index (Phi) is 4.79. The molecule has 0 bridgehead atoms. The third kappa shape index (κ3) is 3.45. The second kappa shape index (κ2) is 6.18. The van der Waals surface area contributed by atoms with E-state index in [0.717, 1.165) is 5.56 Å². The SMILES string of the molecule is NC(Cc1cccc(F)c1Br)c1ncc(Cl)cc1Cl. The Morgan fingerprint density at radius 2 is 2.11 bits per heavy atom. The molecule has 2 rings (SSSR count). The molecule has 0 saturated heterocycles. The molecule has 6 heteroatoms. The second-order valence-corrected chi connectivity index (χ2v) is 5.68. The van der Waals surface area contributed by atoms with E-state index in [1.54, 1.807) is 18.2 Å². The number of nitrogens with two attached hydrogens (primary N) is 1. The topological polar surface area (TPSA) is 38.9 Å². The standard InChI is InChI=1S/C13H10BrCl2FN2/c14-12-7(2-1-3-10(12)17)4-11(18)13-9(16)5-8(15)6-19-13/h1-3,5-6,11H,4,18H2. The summed E-state index contributed by atoms with van der Waals surface area (Å²) in [6, 6.07) is 5.98. The van der Waals surface area contributed by atoms with Gasteiger partial charge in [0.05, 0.1) is 26.3 Å². The normalized spacial score (nSPS) is 12.5. The molecule has 1 atom stereocenters. The van der Waals surface area contributed by atoms with Gasteiger partial charge in [-0.25, -0.2) is 4.39 Å². The Bertz CT molecular complexity index is 607. The third-order valence-corrected chi connectivity index (χ3v) is 4.06. The summed E-state index contributed by atoms with van der Waals surface area (Å²) in [4.78, 5) is 4.13. The monoisotopic (exact) mass is 362 g/mol. The van der Waals surface area contributed by atoms with Crippen LogP contribution in [0.25, 0.3) is 0 Å².